The van der Waals surface area contributed by atoms with Gasteiger partial charge in [-0.3, -0.25) is 4.90 Å². The van der Waals surface area contributed by atoms with Gasteiger partial charge in [-0.2, -0.15) is 0 Å². The van der Waals surface area contributed by atoms with Crippen LogP contribution in [-0.4, -0.2) is 55.6 Å². The van der Waals surface area contributed by atoms with Crippen molar-refractivity contribution >= 4 is 0 Å². The van der Waals surface area contributed by atoms with E-state index < -0.39 is 0 Å². The normalized spacial score (nSPS) is 24.9. The molecule has 2 unspecified atom stereocenters. The molecule has 1 fully saturated rings. The number of likely N-dealkylation sites (N-methyl/N-ethyl adjacent to an activating group) is 1. The van der Waals surface area contributed by atoms with E-state index in [0.717, 1.165) is 26.2 Å². The molecule has 1 N–H and O–H groups in total. The second-order valence-electron chi connectivity index (χ2n) is 6.08. The van der Waals surface area contributed by atoms with Crippen LogP contribution in [0.4, 0.5) is 0 Å². The standard InChI is InChI=1S/C16H27N3/c1-13-5-7-15(8-6-13)11-19-14(2)9-17-10-16(19)12-18(3)4/h5-8,14,16-17H,9-12H2,1-4H3. The molecule has 3 heteroatoms. The lowest BCUT2D eigenvalue weighted by atomic mass is 10.1. The molecule has 1 aliphatic heterocycles. The Hall–Kier alpha value is -0.900. The quantitative estimate of drug-likeness (QED) is 0.890. The lowest BCUT2D eigenvalue weighted by Gasteiger charge is -2.42. The van der Waals surface area contributed by atoms with Crippen LogP contribution in [0.3, 0.4) is 0 Å². The second-order valence-corrected chi connectivity index (χ2v) is 6.08. The van der Waals surface area contributed by atoms with E-state index in [1.54, 1.807) is 0 Å². The van der Waals surface area contributed by atoms with Gasteiger partial charge in [0.25, 0.3) is 0 Å². The predicted molar refractivity (Wildman–Crippen MR) is 81.4 cm³/mol. The van der Waals surface area contributed by atoms with E-state index in [1.807, 2.05) is 0 Å². The van der Waals surface area contributed by atoms with Crippen molar-refractivity contribution in [3.63, 3.8) is 0 Å². The van der Waals surface area contributed by atoms with Crippen LogP contribution in [0.1, 0.15) is 18.1 Å². The summed E-state index contributed by atoms with van der Waals surface area (Å²) in [6.45, 7) is 8.82. The van der Waals surface area contributed by atoms with Crippen molar-refractivity contribution in [2.75, 3.05) is 33.7 Å². The Bertz CT molecular complexity index is 385. The minimum absolute atomic E-state index is 0.597. The largest absolute Gasteiger partial charge is 0.314 e. The summed E-state index contributed by atoms with van der Waals surface area (Å²) in [4.78, 5) is 4.92. The number of aryl methyl sites for hydroxylation is 1. The van der Waals surface area contributed by atoms with Crippen LogP contribution in [0.5, 0.6) is 0 Å². The number of hydrogen-bond acceptors (Lipinski definition) is 3. The van der Waals surface area contributed by atoms with E-state index in [-0.39, 0.29) is 0 Å². The van der Waals surface area contributed by atoms with Gasteiger partial charge in [0.05, 0.1) is 0 Å². The first-order valence-corrected chi connectivity index (χ1v) is 7.23. The molecule has 106 valence electrons. The van der Waals surface area contributed by atoms with E-state index in [2.05, 4.69) is 67.3 Å². The van der Waals surface area contributed by atoms with Gasteiger partial charge in [0.15, 0.2) is 0 Å². The van der Waals surface area contributed by atoms with Crippen molar-refractivity contribution in [2.45, 2.75) is 32.5 Å². The number of piperazine rings is 1. The fourth-order valence-corrected chi connectivity index (χ4v) is 2.83. The maximum absolute atomic E-state index is 3.55. The van der Waals surface area contributed by atoms with Gasteiger partial charge in [0, 0.05) is 38.3 Å². The van der Waals surface area contributed by atoms with Crippen LogP contribution in [0.15, 0.2) is 24.3 Å². The van der Waals surface area contributed by atoms with E-state index in [4.69, 9.17) is 0 Å². The Kier molecular flexibility index (Phi) is 4.97. The number of rotatable bonds is 4. The van der Waals surface area contributed by atoms with Crippen molar-refractivity contribution in [1.82, 2.24) is 15.1 Å². The van der Waals surface area contributed by atoms with Gasteiger partial charge in [0.1, 0.15) is 0 Å². The Labute approximate surface area is 117 Å². The smallest absolute Gasteiger partial charge is 0.0354 e. The van der Waals surface area contributed by atoms with Crippen LogP contribution in [0, 0.1) is 6.92 Å². The molecular formula is C16H27N3. The Morgan fingerprint density at radius 2 is 1.89 bits per heavy atom. The van der Waals surface area contributed by atoms with Gasteiger partial charge < -0.3 is 10.2 Å². The first-order valence-electron chi connectivity index (χ1n) is 7.23. The van der Waals surface area contributed by atoms with Crippen LogP contribution < -0.4 is 5.32 Å². The number of nitrogens with zero attached hydrogens (tertiary/aromatic N) is 2. The third-order valence-corrected chi connectivity index (χ3v) is 3.92. The average Bonchev–Trinajstić information content (AvgIpc) is 2.35. The van der Waals surface area contributed by atoms with Crippen LogP contribution in [-0.2, 0) is 6.54 Å². The van der Waals surface area contributed by atoms with Gasteiger partial charge in [-0.15, -0.1) is 0 Å². The summed E-state index contributed by atoms with van der Waals surface area (Å²) in [6, 6.07) is 10.1. The van der Waals surface area contributed by atoms with Gasteiger partial charge in [-0.1, -0.05) is 29.8 Å². The van der Waals surface area contributed by atoms with E-state index in [0.29, 0.717) is 12.1 Å². The molecular weight excluding hydrogens is 234 g/mol. The van der Waals surface area contributed by atoms with E-state index >= 15 is 0 Å². The minimum Gasteiger partial charge on any atom is -0.314 e. The lowest BCUT2D eigenvalue weighted by molar-refractivity contribution is 0.0797. The highest BCUT2D eigenvalue weighted by atomic mass is 15.3. The molecule has 2 atom stereocenters. The Morgan fingerprint density at radius 1 is 1.21 bits per heavy atom. The average molecular weight is 261 g/mol. The molecule has 1 aliphatic rings. The third kappa shape index (κ3) is 4.03. The molecule has 0 aliphatic carbocycles. The summed E-state index contributed by atoms with van der Waals surface area (Å²) in [5.74, 6) is 0. The third-order valence-electron chi connectivity index (χ3n) is 3.92. The molecule has 0 spiro atoms. The summed E-state index contributed by atoms with van der Waals surface area (Å²) in [6.07, 6.45) is 0. The van der Waals surface area contributed by atoms with Crippen molar-refractivity contribution in [2.24, 2.45) is 0 Å². The topological polar surface area (TPSA) is 18.5 Å². The fraction of sp³-hybridized carbons (Fsp3) is 0.625. The van der Waals surface area contributed by atoms with E-state index in [9.17, 15) is 0 Å². The van der Waals surface area contributed by atoms with Crippen molar-refractivity contribution < 1.29 is 0 Å². The predicted octanol–water partition coefficient (Wildman–Crippen LogP) is 1.72. The highest BCUT2D eigenvalue weighted by Crippen LogP contribution is 2.16. The molecule has 2 rings (SSSR count). The maximum atomic E-state index is 3.55. The van der Waals surface area contributed by atoms with Gasteiger partial charge >= 0.3 is 0 Å². The first-order chi connectivity index (χ1) is 9.06. The van der Waals surface area contributed by atoms with Crippen molar-refractivity contribution in [3.05, 3.63) is 35.4 Å². The molecule has 3 nitrogen and oxygen atoms in total. The molecule has 1 aromatic rings. The SMILES string of the molecule is Cc1ccc(CN2C(C)CNCC2CN(C)C)cc1. The maximum Gasteiger partial charge on any atom is 0.0354 e. The zero-order valence-corrected chi connectivity index (χ0v) is 12.7. The highest BCUT2D eigenvalue weighted by Gasteiger charge is 2.27. The lowest BCUT2D eigenvalue weighted by Crippen LogP contribution is -2.58. The Balaban J connectivity index is 2.06. The van der Waals surface area contributed by atoms with E-state index in [1.165, 1.54) is 11.1 Å². The van der Waals surface area contributed by atoms with Crippen LogP contribution in [0.2, 0.25) is 0 Å². The monoisotopic (exact) mass is 261 g/mol. The van der Waals surface area contributed by atoms with Crippen molar-refractivity contribution in [1.29, 1.82) is 0 Å². The van der Waals surface area contributed by atoms with Crippen molar-refractivity contribution in [3.8, 4) is 0 Å². The zero-order valence-electron chi connectivity index (χ0n) is 12.7. The summed E-state index contributed by atoms with van der Waals surface area (Å²) in [5, 5.41) is 3.55. The van der Waals surface area contributed by atoms with Gasteiger partial charge in [-0.05, 0) is 33.5 Å². The molecule has 1 saturated heterocycles. The van der Waals surface area contributed by atoms with Crippen LogP contribution in [0.25, 0.3) is 0 Å². The number of nitrogens with one attached hydrogen (secondary N) is 1. The number of hydrogen-bond donors (Lipinski definition) is 1. The molecule has 0 radical (unpaired) electrons. The molecule has 19 heavy (non-hydrogen) atoms. The molecule has 1 aromatic carbocycles. The second kappa shape index (κ2) is 6.51. The molecule has 0 saturated carbocycles. The highest BCUT2D eigenvalue weighted by molar-refractivity contribution is 5.21. The molecule has 0 amide bonds. The van der Waals surface area contributed by atoms with Gasteiger partial charge in [0.2, 0.25) is 0 Å². The summed E-state index contributed by atoms with van der Waals surface area (Å²) >= 11 is 0. The summed E-state index contributed by atoms with van der Waals surface area (Å²) in [5.41, 5.74) is 2.75. The fourth-order valence-electron chi connectivity index (χ4n) is 2.83. The molecule has 0 bridgehead atoms. The number of benzene rings is 1. The van der Waals surface area contributed by atoms with Crippen LogP contribution >= 0.6 is 0 Å². The van der Waals surface area contributed by atoms with Gasteiger partial charge in [-0.25, -0.2) is 0 Å². The summed E-state index contributed by atoms with van der Waals surface area (Å²) < 4.78 is 0. The molecule has 0 aromatic heterocycles. The first kappa shape index (κ1) is 14.5. The zero-order chi connectivity index (χ0) is 13.8. The summed E-state index contributed by atoms with van der Waals surface area (Å²) in [7, 11) is 4.31. The Morgan fingerprint density at radius 3 is 2.53 bits per heavy atom. The molecule has 1 heterocycles. The minimum atomic E-state index is 0.597.